The lowest BCUT2D eigenvalue weighted by Gasteiger charge is -2.16. The van der Waals surface area contributed by atoms with Crippen LogP contribution in [0.5, 0.6) is 23.0 Å². The molecule has 0 aliphatic carbocycles. The average Bonchev–Trinajstić information content (AvgIpc) is 3.06. The van der Waals surface area contributed by atoms with Gasteiger partial charge in [0.1, 0.15) is 23.0 Å². The maximum atomic E-state index is 10.5. The van der Waals surface area contributed by atoms with Gasteiger partial charge >= 0.3 is 0 Å². The van der Waals surface area contributed by atoms with E-state index >= 15 is 0 Å². The minimum Gasteiger partial charge on any atom is -0.507 e. The summed E-state index contributed by atoms with van der Waals surface area (Å²) in [5.41, 5.74) is 0.804. The minimum absolute atomic E-state index is 0.152. The second-order valence-electron chi connectivity index (χ2n) is 14.0. The van der Waals surface area contributed by atoms with Crippen molar-refractivity contribution in [1.29, 1.82) is 0 Å². The van der Waals surface area contributed by atoms with Gasteiger partial charge in [0, 0.05) is 35.7 Å². The first-order valence-corrected chi connectivity index (χ1v) is 19.3. The van der Waals surface area contributed by atoms with Crippen molar-refractivity contribution in [3.8, 4) is 23.0 Å². The Hall–Kier alpha value is -3.02. The van der Waals surface area contributed by atoms with Gasteiger partial charge in [-0.05, 0) is 51.0 Å². The minimum atomic E-state index is -0.485. The van der Waals surface area contributed by atoms with Crippen LogP contribution >= 0.6 is 0 Å². The van der Waals surface area contributed by atoms with Gasteiger partial charge in [-0.3, -0.25) is 9.98 Å². The van der Waals surface area contributed by atoms with Crippen LogP contribution in [0.4, 0.5) is 0 Å². The molecule has 48 heavy (non-hydrogen) atoms. The summed E-state index contributed by atoms with van der Waals surface area (Å²) in [6, 6.07) is 10.8. The third kappa shape index (κ3) is 19.7. The maximum absolute atomic E-state index is 10.5. The number of phenolic OH excluding ortho intramolecular Hbond substituents is 2. The van der Waals surface area contributed by atoms with Crippen LogP contribution in [0, 0.1) is 0 Å². The molecule has 2 aromatic rings. The van der Waals surface area contributed by atoms with Gasteiger partial charge in [-0.15, -0.1) is 0 Å². The second-order valence-corrected chi connectivity index (χ2v) is 14.0. The zero-order valence-electron chi connectivity index (χ0n) is 31.0. The molecule has 0 unspecified atom stereocenters. The van der Waals surface area contributed by atoms with Gasteiger partial charge in [0.2, 0.25) is 0 Å². The van der Waals surface area contributed by atoms with Crippen LogP contribution in [0.2, 0.25) is 0 Å². The van der Waals surface area contributed by atoms with E-state index in [4.69, 9.17) is 9.47 Å². The second kappa shape index (κ2) is 25.9. The summed E-state index contributed by atoms with van der Waals surface area (Å²) in [5, 5.41) is 21.1. The third-order valence-electron chi connectivity index (χ3n) is 8.80. The molecule has 0 radical (unpaired) electrons. The highest BCUT2D eigenvalue weighted by atomic mass is 16.5. The highest BCUT2D eigenvalue weighted by Gasteiger charge is 2.15. The Labute approximate surface area is 293 Å². The van der Waals surface area contributed by atoms with Crippen molar-refractivity contribution in [2.45, 2.75) is 162 Å². The number of rotatable bonds is 29. The number of benzene rings is 2. The van der Waals surface area contributed by atoms with Gasteiger partial charge in [0.15, 0.2) is 0 Å². The Balaban J connectivity index is 1.65. The van der Waals surface area contributed by atoms with Gasteiger partial charge < -0.3 is 19.7 Å². The Morgan fingerprint density at radius 2 is 0.917 bits per heavy atom. The average molecular weight is 665 g/mol. The predicted molar refractivity (Wildman–Crippen MR) is 205 cm³/mol. The van der Waals surface area contributed by atoms with Crippen molar-refractivity contribution >= 4 is 12.4 Å². The summed E-state index contributed by atoms with van der Waals surface area (Å²) < 4.78 is 11.7. The molecule has 0 aliphatic heterocycles. The van der Waals surface area contributed by atoms with Gasteiger partial charge in [-0.2, -0.15) is 0 Å². The fourth-order valence-corrected chi connectivity index (χ4v) is 5.66. The molecule has 2 N–H and O–H groups in total. The van der Waals surface area contributed by atoms with E-state index in [2.05, 4.69) is 23.8 Å². The third-order valence-corrected chi connectivity index (χ3v) is 8.80. The summed E-state index contributed by atoms with van der Waals surface area (Å²) in [5.74, 6) is 1.67. The number of aromatic hydroxyl groups is 2. The summed E-state index contributed by atoms with van der Waals surface area (Å²) in [7, 11) is 0. The van der Waals surface area contributed by atoms with Gasteiger partial charge in [-0.1, -0.05) is 129 Å². The van der Waals surface area contributed by atoms with E-state index in [9.17, 15) is 10.2 Å². The Kier molecular flexibility index (Phi) is 22.2. The normalized spacial score (nSPS) is 12.0. The lowest BCUT2D eigenvalue weighted by molar-refractivity contribution is 0.302. The van der Waals surface area contributed by atoms with E-state index in [1.165, 1.54) is 116 Å². The van der Waals surface area contributed by atoms with Crippen molar-refractivity contribution in [3.63, 3.8) is 0 Å². The molecule has 0 heterocycles. The molecule has 6 nitrogen and oxygen atoms in total. The first-order valence-electron chi connectivity index (χ1n) is 19.3. The standard InChI is InChI=1S/C42H68N2O4/c1-5-7-9-11-13-15-17-19-21-23-29-47-38-27-25-36(40(45)31-38)33-43-35-42(3,4)44-34-37-26-28-39(32-41(37)46)48-30-24-22-20-18-16-14-12-10-8-6-2/h25-28,31-34,45-46H,5-24,29-30,35H2,1-4H3. The van der Waals surface area contributed by atoms with Crippen LogP contribution in [0.1, 0.15) is 167 Å². The van der Waals surface area contributed by atoms with E-state index in [0.717, 1.165) is 12.8 Å². The molecule has 270 valence electrons. The first-order chi connectivity index (χ1) is 23.3. The molecular formula is C42H68N2O4. The van der Waals surface area contributed by atoms with E-state index in [1.807, 2.05) is 38.1 Å². The lowest BCUT2D eigenvalue weighted by Crippen LogP contribution is -2.21. The molecule has 0 aliphatic rings. The molecule has 6 heteroatoms. The van der Waals surface area contributed by atoms with Crippen LogP contribution in [-0.4, -0.2) is 47.9 Å². The summed E-state index contributed by atoms with van der Waals surface area (Å²) in [4.78, 5) is 9.22. The van der Waals surface area contributed by atoms with Crippen LogP contribution in [0.25, 0.3) is 0 Å². The van der Waals surface area contributed by atoms with E-state index in [0.29, 0.717) is 42.4 Å². The molecule has 0 bridgehead atoms. The Bertz CT molecular complexity index is 1160. The fourth-order valence-electron chi connectivity index (χ4n) is 5.66. The molecule has 0 saturated heterocycles. The largest absolute Gasteiger partial charge is 0.507 e. The molecule has 2 rings (SSSR count). The van der Waals surface area contributed by atoms with Gasteiger partial charge in [-0.25, -0.2) is 0 Å². The molecule has 0 spiro atoms. The molecule has 0 saturated carbocycles. The summed E-state index contributed by atoms with van der Waals surface area (Å²) >= 11 is 0. The monoisotopic (exact) mass is 665 g/mol. The van der Waals surface area contributed by atoms with Gasteiger partial charge in [0.05, 0.1) is 25.3 Å². The van der Waals surface area contributed by atoms with Crippen molar-refractivity contribution in [2.75, 3.05) is 19.8 Å². The number of ether oxygens (including phenoxy) is 2. The quantitative estimate of drug-likeness (QED) is 0.0669. The zero-order chi connectivity index (χ0) is 34.7. The van der Waals surface area contributed by atoms with Crippen molar-refractivity contribution in [3.05, 3.63) is 47.5 Å². The van der Waals surface area contributed by atoms with Crippen LogP contribution in [0.3, 0.4) is 0 Å². The van der Waals surface area contributed by atoms with Crippen LogP contribution in [-0.2, 0) is 0 Å². The van der Waals surface area contributed by atoms with E-state index in [1.54, 1.807) is 24.6 Å². The molecule has 0 fully saturated rings. The topological polar surface area (TPSA) is 83.6 Å². The zero-order valence-corrected chi connectivity index (χ0v) is 31.0. The summed E-state index contributed by atoms with van der Waals surface area (Å²) in [6.07, 6.45) is 29.2. The van der Waals surface area contributed by atoms with Crippen molar-refractivity contribution < 1.29 is 19.7 Å². The van der Waals surface area contributed by atoms with E-state index < -0.39 is 5.54 Å². The number of unbranched alkanes of at least 4 members (excludes halogenated alkanes) is 18. The number of nitrogens with zero attached hydrogens (tertiary/aromatic N) is 2. The van der Waals surface area contributed by atoms with E-state index in [-0.39, 0.29) is 11.5 Å². The Morgan fingerprint density at radius 3 is 1.31 bits per heavy atom. The van der Waals surface area contributed by atoms with Crippen LogP contribution in [0.15, 0.2) is 46.4 Å². The number of phenols is 2. The first kappa shape index (κ1) is 41.2. The maximum Gasteiger partial charge on any atom is 0.128 e. The SMILES string of the molecule is CCCCCCCCCCCCOc1ccc(C=NCC(C)(C)N=Cc2ccc(OCCCCCCCCCCCC)cc2O)c(O)c1. The molecule has 0 atom stereocenters. The number of hydrogen-bond acceptors (Lipinski definition) is 6. The fraction of sp³-hybridized carbons (Fsp3) is 0.667. The predicted octanol–water partition coefficient (Wildman–Crippen LogP) is 12.0. The Morgan fingerprint density at radius 1 is 0.542 bits per heavy atom. The highest BCUT2D eigenvalue weighted by molar-refractivity contribution is 5.85. The smallest absolute Gasteiger partial charge is 0.128 e. The molecule has 0 aromatic heterocycles. The summed E-state index contributed by atoms with van der Waals surface area (Å²) in [6.45, 7) is 10.3. The van der Waals surface area contributed by atoms with Crippen molar-refractivity contribution in [1.82, 2.24) is 0 Å². The lowest BCUT2D eigenvalue weighted by atomic mass is 10.1. The number of hydrogen-bond donors (Lipinski definition) is 2. The van der Waals surface area contributed by atoms with Gasteiger partial charge in [0.25, 0.3) is 0 Å². The van der Waals surface area contributed by atoms with Crippen molar-refractivity contribution in [2.24, 2.45) is 9.98 Å². The number of aliphatic imine (C=N–C) groups is 2. The highest BCUT2D eigenvalue weighted by Crippen LogP contribution is 2.25. The molecule has 0 amide bonds. The molecule has 2 aromatic carbocycles. The van der Waals surface area contributed by atoms with Crippen LogP contribution < -0.4 is 9.47 Å². The molecular weight excluding hydrogens is 596 g/mol.